The molecule has 0 N–H and O–H groups in total. The van der Waals surface area contributed by atoms with Gasteiger partial charge in [-0.1, -0.05) is 91.0 Å². The van der Waals surface area contributed by atoms with Crippen molar-refractivity contribution in [1.82, 2.24) is 0 Å². The van der Waals surface area contributed by atoms with E-state index in [4.69, 9.17) is 4.74 Å². The van der Waals surface area contributed by atoms with Gasteiger partial charge < -0.3 is 4.74 Å². The van der Waals surface area contributed by atoms with Crippen LogP contribution in [0.25, 0.3) is 11.3 Å². The molecular weight excluding hydrogens is 304 g/mol. The second-order valence-electron chi connectivity index (χ2n) is 6.42. The fraction of sp³-hybridized carbons (Fsp3) is 0.0833. The number of allylic oxidation sites excluding steroid dienone is 2. The van der Waals surface area contributed by atoms with Gasteiger partial charge in [-0.05, 0) is 35.8 Å². The second-order valence-corrected chi connectivity index (χ2v) is 6.42. The van der Waals surface area contributed by atoms with E-state index in [0.717, 1.165) is 16.9 Å². The minimum Gasteiger partial charge on any atom is -0.478 e. The lowest BCUT2D eigenvalue weighted by molar-refractivity contribution is 0.104. The SMILES string of the molecule is C[C@@]1(c2ccccc2)C=C(c2ccccc2)C=C(c2ccccc2)O1. The van der Waals surface area contributed by atoms with Gasteiger partial charge in [-0.3, -0.25) is 0 Å². The Labute approximate surface area is 148 Å². The largest absolute Gasteiger partial charge is 0.478 e. The molecule has 3 aromatic rings. The fourth-order valence-electron chi connectivity index (χ4n) is 3.22. The monoisotopic (exact) mass is 324 g/mol. The van der Waals surface area contributed by atoms with Gasteiger partial charge in [-0.2, -0.15) is 0 Å². The molecule has 0 saturated carbocycles. The van der Waals surface area contributed by atoms with Gasteiger partial charge in [0.1, 0.15) is 5.76 Å². The summed E-state index contributed by atoms with van der Waals surface area (Å²) >= 11 is 0. The van der Waals surface area contributed by atoms with Crippen molar-refractivity contribution in [1.29, 1.82) is 0 Å². The minimum absolute atomic E-state index is 0.508. The number of ether oxygens (including phenoxy) is 1. The van der Waals surface area contributed by atoms with Gasteiger partial charge >= 0.3 is 0 Å². The highest BCUT2D eigenvalue weighted by molar-refractivity contribution is 5.84. The second kappa shape index (κ2) is 6.45. The summed E-state index contributed by atoms with van der Waals surface area (Å²) in [6, 6.07) is 31.1. The third kappa shape index (κ3) is 3.14. The molecule has 3 aromatic carbocycles. The summed E-state index contributed by atoms with van der Waals surface area (Å²) in [6.45, 7) is 2.13. The highest BCUT2D eigenvalue weighted by Crippen LogP contribution is 2.40. The van der Waals surface area contributed by atoms with E-state index in [9.17, 15) is 0 Å². The molecule has 4 rings (SSSR count). The first-order valence-corrected chi connectivity index (χ1v) is 8.54. The maximum absolute atomic E-state index is 6.48. The Morgan fingerprint density at radius 2 is 1.16 bits per heavy atom. The fourth-order valence-corrected chi connectivity index (χ4v) is 3.22. The molecule has 0 bridgehead atoms. The predicted molar refractivity (Wildman–Crippen MR) is 104 cm³/mol. The van der Waals surface area contributed by atoms with E-state index in [2.05, 4.69) is 79.7 Å². The maximum Gasteiger partial charge on any atom is 0.150 e. The van der Waals surface area contributed by atoms with E-state index >= 15 is 0 Å². The third-order valence-electron chi connectivity index (χ3n) is 4.55. The number of hydrogen-bond donors (Lipinski definition) is 0. The number of hydrogen-bond acceptors (Lipinski definition) is 1. The molecule has 0 unspecified atom stereocenters. The maximum atomic E-state index is 6.48. The Morgan fingerprint density at radius 3 is 1.76 bits per heavy atom. The van der Waals surface area contributed by atoms with E-state index in [1.807, 2.05) is 30.3 Å². The summed E-state index contributed by atoms with van der Waals surface area (Å²) in [6.07, 6.45) is 4.35. The normalized spacial score (nSPS) is 19.6. The summed E-state index contributed by atoms with van der Waals surface area (Å²) in [5.74, 6) is 0.897. The summed E-state index contributed by atoms with van der Waals surface area (Å²) in [5.41, 5.74) is 4.10. The van der Waals surface area contributed by atoms with Crippen LogP contribution in [-0.2, 0) is 10.3 Å². The third-order valence-corrected chi connectivity index (χ3v) is 4.55. The van der Waals surface area contributed by atoms with Gasteiger partial charge in [0, 0.05) is 5.56 Å². The van der Waals surface area contributed by atoms with Crippen LogP contribution < -0.4 is 0 Å². The zero-order valence-corrected chi connectivity index (χ0v) is 14.2. The van der Waals surface area contributed by atoms with E-state index in [-0.39, 0.29) is 0 Å². The number of rotatable bonds is 3. The quantitative estimate of drug-likeness (QED) is 0.569. The molecule has 122 valence electrons. The molecular formula is C24H20O. The van der Waals surface area contributed by atoms with Crippen molar-refractivity contribution in [3.05, 3.63) is 120 Å². The Kier molecular flexibility index (Phi) is 3.99. The first-order valence-electron chi connectivity index (χ1n) is 8.54. The van der Waals surface area contributed by atoms with Crippen LogP contribution in [0.2, 0.25) is 0 Å². The van der Waals surface area contributed by atoms with Crippen molar-refractivity contribution < 1.29 is 4.74 Å². The molecule has 1 heterocycles. The van der Waals surface area contributed by atoms with Crippen molar-refractivity contribution in [3.8, 4) is 0 Å². The van der Waals surface area contributed by atoms with Crippen LogP contribution in [0, 0.1) is 0 Å². The Balaban J connectivity index is 1.85. The average molecular weight is 324 g/mol. The van der Waals surface area contributed by atoms with Crippen molar-refractivity contribution in [2.24, 2.45) is 0 Å². The summed E-state index contributed by atoms with van der Waals surface area (Å²) < 4.78 is 6.48. The zero-order chi connectivity index (χ0) is 17.1. The highest BCUT2D eigenvalue weighted by Gasteiger charge is 2.31. The summed E-state index contributed by atoms with van der Waals surface area (Å²) in [7, 11) is 0. The van der Waals surface area contributed by atoms with E-state index < -0.39 is 5.60 Å². The van der Waals surface area contributed by atoms with Crippen molar-refractivity contribution in [3.63, 3.8) is 0 Å². The van der Waals surface area contributed by atoms with Crippen molar-refractivity contribution in [2.45, 2.75) is 12.5 Å². The van der Waals surface area contributed by atoms with Crippen LogP contribution in [-0.4, -0.2) is 0 Å². The minimum atomic E-state index is -0.508. The van der Waals surface area contributed by atoms with Gasteiger partial charge in [0.05, 0.1) is 0 Å². The first kappa shape index (κ1) is 15.5. The molecule has 1 atom stereocenters. The van der Waals surface area contributed by atoms with Gasteiger partial charge in [-0.15, -0.1) is 0 Å². The molecule has 1 nitrogen and oxygen atoms in total. The molecule has 0 fully saturated rings. The Bertz CT molecular complexity index is 908. The average Bonchev–Trinajstić information content (AvgIpc) is 2.70. The topological polar surface area (TPSA) is 9.23 Å². The predicted octanol–water partition coefficient (Wildman–Crippen LogP) is 6.06. The van der Waals surface area contributed by atoms with Gasteiger partial charge in [0.2, 0.25) is 0 Å². The van der Waals surface area contributed by atoms with Crippen molar-refractivity contribution in [2.75, 3.05) is 0 Å². The lowest BCUT2D eigenvalue weighted by atomic mass is 9.88. The standard InChI is InChI=1S/C24H20O/c1-24(22-15-9-4-10-16-22)18-21(19-11-5-2-6-12-19)17-23(25-24)20-13-7-3-8-14-20/h2-18H,1H3/t24-/m0/s1. The van der Waals surface area contributed by atoms with Crippen LogP contribution in [0.3, 0.4) is 0 Å². The van der Waals surface area contributed by atoms with Gasteiger partial charge in [0.15, 0.2) is 5.60 Å². The molecule has 1 aliphatic heterocycles. The molecule has 25 heavy (non-hydrogen) atoms. The van der Waals surface area contributed by atoms with E-state index in [1.54, 1.807) is 0 Å². The number of benzene rings is 3. The summed E-state index contributed by atoms with van der Waals surface area (Å²) in [5, 5.41) is 0. The first-order chi connectivity index (χ1) is 12.2. The van der Waals surface area contributed by atoms with Crippen LogP contribution >= 0.6 is 0 Å². The van der Waals surface area contributed by atoms with Gasteiger partial charge in [0.25, 0.3) is 0 Å². The van der Waals surface area contributed by atoms with Crippen molar-refractivity contribution >= 4 is 11.3 Å². The Morgan fingerprint density at radius 1 is 0.640 bits per heavy atom. The lowest BCUT2D eigenvalue weighted by Gasteiger charge is -2.34. The molecule has 1 heteroatoms. The molecule has 0 saturated heterocycles. The highest BCUT2D eigenvalue weighted by atomic mass is 16.5. The van der Waals surface area contributed by atoms with Crippen LogP contribution in [0.15, 0.2) is 103 Å². The lowest BCUT2D eigenvalue weighted by Crippen LogP contribution is -2.25. The summed E-state index contributed by atoms with van der Waals surface area (Å²) in [4.78, 5) is 0. The molecule has 0 aromatic heterocycles. The molecule has 0 amide bonds. The Hall–Kier alpha value is -3.06. The van der Waals surface area contributed by atoms with E-state index in [0.29, 0.717) is 0 Å². The molecule has 0 aliphatic carbocycles. The van der Waals surface area contributed by atoms with Crippen LogP contribution in [0.4, 0.5) is 0 Å². The molecule has 1 aliphatic rings. The van der Waals surface area contributed by atoms with Gasteiger partial charge in [-0.25, -0.2) is 0 Å². The molecule has 0 radical (unpaired) electrons. The molecule has 0 spiro atoms. The van der Waals surface area contributed by atoms with Crippen LogP contribution in [0.5, 0.6) is 0 Å². The van der Waals surface area contributed by atoms with Crippen LogP contribution in [0.1, 0.15) is 23.6 Å². The van der Waals surface area contributed by atoms with E-state index in [1.165, 1.54) is 11.1 Å². The zero-order valence-electron chi connectivity index (χ0n) is 14.2. The smallest absolute Gasteiger partial charge is 0.150 e.